The van der Waals surface area contributed by atoms with E-state index in [-0.39, 0.29) is 11.0 Å². The molecule has 0 fully saturated rings. The Balaban J connectivity index is 2.19. The number of hydrogen-bond donors (Lipinski definition) is 1. The van der Waals surface area contributed by atoms with Crippen LogP contribution in [-0.2, 0) is 4.74 Å². The summed E-state index contributed by atoms with van der Waals surface area (Å²) in [6.45, 7) is 3.87. The number of hydrogen-bond acceptors (Lipinski definition) is 4. The minimum Gasteiger partial charge on any atom is -0.479 e. The van der Waals surface area contributed by atoms with E-state index in [9.17, 15) is 4.79 Å². The Kier molecular flexibility index (Phi) is 5.17. The van der Waals surface area contributed by atoms with Crippen LogP contribution in [0.3, 0.4) is 0 Å². The number of thiocarbonyl (C=S) groups is 1. The Morgan fingerprint density at radius 3 is 2.76 bits per heavy atom. The van der Waals surface area contributed by atoms with Gasteiger partial charge in [0.05, 0.1) is 5.56 Å². The van der Waals surface area contributed by atoms with Crippen molar-refractivity contribution in [2.75, 3.05) is 11.9 Å². The van der Waals surface area contributed by atoms with Crippen molar-refractivity contribution in [1.82, 2.24) is 4.98 Å². The molecule has 0 saturated carbocycles. The summed E-state index contributed by atoms with van der Waals surface area (Å²) in [5.41, 5.74) is 1.12. The molecule has 1 amide bonds. The van der Waals surface area contributed by atoms with E-state index in [4.69, 9.17) is 17.0 Å². The first kappa shape index (κ1) is 14.9. The van der Waals surface area contributed by atoms with Crippen LogP contribution in [0.2, 0.25) is 0 Å². The smallest absolute Gasteiger partial charge is 0.256 e. The molecule has 0 bridgehead atoms. The fourth-order valence-electron chi connectivity index (χ4n) is 1.65. The highest BCUT2D eigenvalue weighted by atomic mass is 32.1. The topological polar surface area (TPSA) is 51.2 Å². The van der Waals surface area contributed by atoms with Gasteiger partial charge in [-0.2, -0.15) is 0 Å². The van der Waals surface area contributed by atoms with Crippen molar-refractivity contribution in [2.24, 2.45) is 0 Å². The molecule has 2 aromatic rings. The molecule has 4 nitrogen and oxygen atoms in total. The standard InChI is InChI=1S/C16H14N2O2S/c1-2-11-20-16(21)13-9-6-10-17-14(13)18-15(19)12-7-4-3-5-8-12/h2-10H,1,11H2,(H,17,18,19). The van der Waals surface area contributed by atoms with Gasteiger partial charge in [-0.25, -0.2) is 4.98 Å². The second-order valence-corrected chi connectivity index (χ2v) is 4.48. The monoisotopic (exact) mass is 298 g/mol. The second kappa shape index (κ2) is 7.31. The van der Waals surface area contributed by atoms with E-state index in [1.165, 1.54) is 0 Å². The van der Waals surface area contributed by atoms with E-state index in [1.807, 2.05) is 6.07 Å². The fraction of sp³-hybridized carbons (Fsp3) is 0.0625. The van der Waals surface area contributed by atoms with Crippen molar-refractivity contribution >= 4 is 29.0 Å². The predicted molar refractivity (Wildman–Crippen MR) is 86.5 cm³/mol. The maximum Gasteiger partial charge on any atom is 0.256 e. The quantitative estimate of drug-likeness (QED) is 0.680. The molecule has 1 aromatic heterocycles. The highest BCUT2D eigenvalue weighted by Crippen LogP contribution is 2.15. The maximum absolute atomic E-state index is 12.2. The number of carbonyl (C=O) groups excluding carboxylic acids is 1. The lowest BCUT2D eigenvalue weighted by Crippen LogP contribution is -2.16. The van der Waals surface area contributed by atoms with Gasteiger partial charge >= 0.3 is 0 Å². The first-order valence-corrected chi connectivity index (χ1v) is 6.72. The van der Waals surface area contributed by atoms with Crippen molar-refractivity contribution in [3.8, 4) is 0 Å². The summed E-state index contributed by atoms with van der Waals surface area (Å²) in [5.74, 6) is 0.127. The second-order valence-electron chi connectivity index (χ2n) is 4.11. The fourth-order valence-corrected chi connectivity index (χ4v) is 1.88. The molecule has 0 aliphatic carbocycles. The molecule has 1 heterocycles. The molecule has 0 radical (unpaired) electrons. The maximum atomic E-state index is 12.2. The highest BCUT2D eigenvalue weighted by Gasteiger charge is 2.13. The average molecular weight is 298 g/mol. The Hall–Kier alpha value is -2.53. The van der Waals surface area contributed by atoms with Crippen LogP contribution in [0.25, 0.3) is 0 Å². The molecule has 1 aromatic carbocycles. The van der Waals surface area contributed by atoms with Gasteiger partial charge in [-0.15, -0.1) is 0 Å². The third-order valence-electron chi connectivity index (χ3n) is 2.63. The molecule has 1 N–H and O–H groups in total. The number of carbonyl (C=O) groups is 1. The first-order chi connectivity index (χ1) is 10.2. The van der Waals surface area contributed by atoms with Gasteiger partial charge in [0.2, 0.25) is 0 Å². The molecule has 0 atom stereocenters. The number of rotatable bonds is 5. The van der Waals surface area contributed by atoms with Crippen molar-refractivity contribution in [2.45, 2.75) is 0 Å². The summed E-state index contributed by atoms with van der Waals surface area (Å²) in [7, 11) is 0. The Bertz CT molecular complexity index is 656. The summed E-state index contributed by atoms with van der Waals surface area (Å²) in [4.78, 5) is 16.3. The average Bonchev–Trinajstić information content (AvgIpc) is 2.54. The van der Waals surface area contributed by atoms with E-state index >= 15 is 0 Å². The first-order valence-electron chi connectivity index (χ1n) is 6.32. The van der Waals surface area contributed by atoms with Crippen LogP contribution in [0.4, 0.5) is 5.82 Å². The number of ether oxygens (including phenoxy) is 1. The van der Waals surface area contributed by atoms with Crippen LogP contribution < -0.4 is 5.32 Å². The van der Waals surface area contributed by atoms with Gasteiger partial charge in [0.15, 0.2) is 5.05 Å². The van der Waals surface area contributed by atoms with Crippen molar-refractivity contribution in [3.63, 3.8) is 0 Å². The largest absolute Gasteiger partial charge is 0.479 e. The Labute approximate surface area is 128 Å². The number of anilines is 1. The minimum atomic E-state index is -0.248. The highest BCUT2D eigenvalue weighted by molar-refractivity contribution is 7.80. The summed E-state index contributed by atoms with van der Waals surface area (Å²) >= 11 is 5.18. The number of aromatic nitrogens is 1. The number of nitrogens with one attached hydrogen (secondary N) is 1. The number of pyridine rings is 1. The Morgan fingerprint density at radius 1 is 1.29 bits per heavy atom. The predicted octanol–water partition coefficient (Wildman–Crippen LogP) is 3.21. The molecule has 21 heavy (non-hydrogen) atoms. The van der Waals surface area contributed by atoms with Crippen molar-refractivity contribution in [1.29, 1.82) is 0 Å². The van der Waals surface area contributed by atoms with Crippen LogP contribution in [0, 0.1) is 0 Å². The number of benzene rings is 1. The molecule has 5 heteroatoms. The number of amides is 1. The summed E-state index contributed by atoms with van der Waals surface area (Å²) in [6.07, 6.45) is 3.19. The molecule has 2 rings (SSSR count). The van der Waals surface area contributed by atoms with E-state index in [0.717, 1.165) is 0 Å². The zero-order chi connectivity index (χ0) is 15.1. The normalized spacial score (nSPS) is 9.71. The van der Waals surface area contributed by atoms with Gasteiger partial charge in [0.1, 0.15) is 12.4 Å². The lowest BCUT2D eigenvalue weighted by atomic mass is 10.2. The van der Waals surface area contributed by atoms with Gasteiger partial charge in [0.25, 0.3) is 5.91 Å². The van der Waals surface area contributed by atoms with Gasteiger partial charge in [0, 0.05) is 11.8 Å². The number of nitrogens with zero attached hydrogens (tertiary/aromatic N) is 1. The SMILES string of the molecule is C=CCOC(=S)c1cccnc1NC(=O)c1ccccc1. The molecule has 0 aliphatic heterocycles. The van der Waals surface area contributed by atoms with Crippen molar-refractivity contribution < 1.29 is 9.53 Å². The third-order valence-corrected chi connectivity index (χ3v) is 2.97. The van der Waals surface area contributed by atoms with Gasteiger partial charge in [-0.3, -0.25) is 4.79 Å². The van der Waals surface area contributed by atoms with Crippen LogP contribution in [-0.4, -0.2) is 22.5 Å². The zero-order valence-electron chi connectivity index (χ0n) is 11.3. The molecule has 0 saturated heterocycles. The van der Waals surface area contributed by atoms with Crippen LogP contribution in [0.5, 0.6) is 0 Å². The van der Waals surface area contributed by atoms with Crippen LogP contribution in [0.15, 0.2) is 61.3 Å². The van der Waals surface area contributed by atoms with Crippen molar-refractivity contribution in [3.05, 3.63) is 72.4 Å². The van der Waals surface area contributed by atoms with E-state index in [2.05, 4.69) is 16.9 Å². The van der Waals surface area contributed by atoms with E-state index in [1.54, 1.807) is 48.7 Å². The lowest BCUT2D eigenvalue weighted by molar-refractivity contribution is 0.102. The summed E-state index contributed by atoms with van der Waals surface area (Å²) in [6, 6.07) is 12.4. The van der Waals surface area contributed by atoms with Gasteiger partial charge in [-0.1, -0.05) is 30.9 Å². The molecule has 0 unspecified atom stereocenters. The van der Waals surface area contributed by atoms with Crippen LogP contribution in [0.1, 0.15) is 15.9 Å². The molecule has 0 spiro atoms. The Morgan fingerprint density at radius 2 is 2.05 bits per heavy atom. The molecular formula is C16H14N2O2S. The van der Waals surface area contributed by atoms with E-state index < -0.39 is 0 Å². The summed E-state index contributed by atoms with van der Waals surface area (Å²) in [5, 5.41) is 3.01. The molecule has 106 valence electrons. The van der Waals surface area contributed by atoms with E-state index in [0.29, 0.717) is 23.6 Å². The van der Waals surface area contributed by atoms with Gasteiger partial charge < -0.3 is 10.1 Å². The van der Waals surface area contributed by atoms with Crippen LogP contribution >= 0.6 is 12.2 Å². The van der Waals surface area contributed by atoms with Gasteiger partial charge in [-0.05, 0) is 36.5 Å². The lowest BCUT2D eigenvalue weighted by Gasteiger charge is -2.11. The molecule has 0 aliphatic rings. The molecular weight excluding hydrogens is 284 g/mol. The summed E-state index contributed by atoms with van der Waals surface area (Å²) < 4.78 is 5.33. The zero-order valence-corrected chi connectivity index (χ0v) is 12.1. The third kappa shape index (κ3) is 3.97. The minimum absolute atomic E-state index is 0.248.